The van der Waals surface area contributed by atoms with Gasteiger partial charge in [-0.05, 0) is 64.8 Å². The Morgan fingerprint density at radius 3 is 2.79 bits per heavy atom. The Balaban J connectivity index is 1.46. The van der Waals surface area contributed by atoms with Crippen LogP contribution >= 0.6 is 28.1 Å². The molecule has 1 saturated heterocycles. The Labute approximate surface area is 178 Å². The summed E-state index contributed by atoms with van der Waals surface area (Å²) in [6.45, 7) is 1.96. The Hall–Kier alpha value is -1.96. The number of rotatable bonds is 7. The van der Waals surface area contributed by atoms with Crippen molar-refractivity contribution in [3.63, 3.8) is 0 Å². The van der Waals surface area contributed by atoms with Crippen molar-refractivity contribution in [3.8, 4) is 5.75 Å². The summed E-state index contributed by atoms with van der Waals surface area (Å²) in [4.78, 5) is 12.4. The molecule has 0 aliphatic carbocycles. The zero-order valence-electron chi connectivity index (χ0n) is 15.4. The van der Waals surface area contributed by atoms with Crippen LogP contribution in [0.1, 0.15) is 28.8 Å². The predicted octanol–water partition coefficient (Wildman–Crippen LogP) is 3.85. The monoisotopic (exact) mass is 462 g/mol. The average molecular weight is 463 g/mol. The second-order valence-corrected chi connectivity index (χ2v) is 7.79. The molecule has 0 radical (unpaired) electrons. The second-order valence-electron chi connectivity index (χ2n) is 6.53. The van der Waals surface area contributed by atoms with E-state index in [1.54, 1.807) is 18.2 Å². The van der Waals surface area contributed by atoms with Gasteiger partial charge < -0.3 is 14.8 Å². The fourth-order valence-corrected chi connectivity index (χ4v) is 3.58. The minimum absolute atomic E-state index is 0.163. The molecular weight excluding hydrogens is 440 g/mol. The number of benzene rings is 2. The molecule has 1 fully saturated rings. The average Bonchev–Trinajstić information content (AvgIpc) is 3.22. The van der Waals surface area contributed by atoms with Gasteiger partial charge in [-0.25, -0.2) is 0 Å². The summed E-state index contributed by atoms with van der Waals surface area (Å²) in [5.74, 6) is 0.438. The molecule has 1 heterocycles. The van der Waals surface area contributed by atoms with Gasteiger partial charge in [-0.2, -0.15) is 0 Å². The van der Waals surface area contributed by atoms with Crippen molar-refractivity contribution < 1.29 is 14.3 Å². The topological polar surface area (TPSA) is 59.6 Å². The molecule has 0 saturated carbocycles. The van der Waals surface area contributed by atoms with E-state index in [4.69, 9.17) is 21.7 Å². The van der Waals surface area contributed by atoms with Crippen molar-refractivity contribution in [2.24, 2.45) is 0 Å². The van der Waals surface area contributed by atoms with Crippen LogP contribution in [0, 0.1) is 0 Å². The van der Waals surface area contributed by atoms with Crippen LogP contribution in [-0.4, -0.2) is 36.9 Å². The fraction of sp³-hybridized carbons (Fsp3) is 0.333. The highest BCUT2D eigenvalue weighted by Gasteiger charge is 2.16. The maximum absolute atomic E-state index is 12.4. The molecule has 1 atom stereocenters. The first-order chi connectivity index (χ1) is 13.6. The standard InChI is InChI=1S/C21H23BrN2O3S/c22-18-13-16(20(25)24-21(28)23-14-17-7-4-11-26-17)8-9-19(18)27-12-10-15-5-2-1-3-6-15/h1-3,5-6,8-9,13,17H,4,7,10-12,14H2,(H2,23,24,25,28). The van der Waals surface area contributed by atoms with Gasteiger partial charge in [0, 0.05) is 25.1 Å². The molecule has 3 rings (SSSR count). The number of nitrogens with one attached hydrogen (secondary N) is 2. The van der Waals surface area contributed by atoms with Crippen LogP contribution in [0.2, 0.25) is 0 Å². The van der Waals surface area contributed by atoms with Gasteiger partial charge in [0.2, 0.25) is 0 Å². The molecule has 1 unspecified atom stereocenters. The number of halogens is 1. The van der Waals surface area contributed by atoms with Crippen molar-refractivity contribution >= 4 is 39.2 Å². The molecule has 2 aromatic carbocycles. The Kier molecular flexibility index (Phi) is 7.82. The quantitative estimate of drug-likeness (QED) is 0.611. The lowest BCUT2D eigenvalue weighted by Crippen LogP contribution is -2.42. The number of hydrogen-bond donors (Lipinski definition) is 2. The molecule has 2 N–H and O–H groups in total. The normalized spacial score (nSPS) is 15.8. The van der Waals surface area contributed by atoms with Crippen molar-refractivity contribution in [1.29, 1.82) is 0 Å². The number of ether oxygens (including phenoxy) is 2. The molecule has 0 bridgehead atoms. The van der Waals surface area contributed by atoms with Crippen LogP contribution in [0.15, 0.2) is 53.0 Å². The van der Waals surface area contributed by atoms with Crippen molar-refractivity contribution in [2.75, 3.05) is 19.8 Å². The highest BCUT2D eigenvalue weighted by Crippen LogP contribution is 2.26. The number of thiocarbonyl (C=S) groups is 1. The van der Waals surface area contributed by atoms with E-state index in [0.29, 0.717) is 29.6 Å². The van der Waals surface area contributed by atoms with E-state index in [-0.39, 0.29) is 12.0 Å². The van der Waals surface area contributed by atoms with Crippen molar-refractivity contribution in [1.82, 2.24) is 10.6 Å². The van der Waals surface area contributed by atoms with Gasteiger partial charge in [-0.3, -0.25) is 10.1 Å². The number of hydrogen-bond acceptors (Lipinski definition) is 4. The lowest BCUT2D eigenvalue weighted by atomic mass is 10.2. The second kappa shape index (κ2) is 10.5. The first-order valence-corrected chi connectivity index (χ1v) is 10.5. The van der Waals surface area contributed by atoms with Crippen LogP contribution in [0.3, 0.4) is 0 Å². The third kappa shape index (κ3) is 6.29. The summed E-state index contributed by atoms with van der Waals surface area (Å²) in [7, 11) is 0. The molecule has 1 aliphatic rings. The van der Waals surface area contributed by atoms with Gasteiger partial charge in [-0.15, -0.1) is 0 Å². The van der Waals surface area contributed by atoms with Gasteiger partial charge in [0.15, 0.2) is 5.11 Å². The molecule has 0 aromatic heterocycles. The third-order valence-electron chi connectivity index (χ3n) is 4.43. The minimum Gasteiger partial charge on any atom is -0.492 e. The molecule has 2 aromatic rings. The molecule has 1 aliphatic heterocycles. The van der Waals surface area contributed by atoms with E-state index < -0.39 is 0 Å². The van der Waals surface area contributed by atoms with Gasteiger partial charge in [-0.1, -0.05) is 30.3 Å². The smallest absolute Gasteiger partial charge is 0.257 e. The molecular formula is C21H23BrN2O3S. The summed E-state index contributed by atoms with van der Waals surface area (Å²) < 4.78 is 12.1. The molecule has 0 spiro atoms. The number of carbonyl (C=O) groups is 1. The van der Waals surface area contributed by atoms with Gasteiger partial charge in [0.05, 0.1) is 17.2 Å². The molecule has 5 nitrogen and oxygen atoms in total. The summed E-state index contributed by atoms with van der Waals surface area (Å²) in [6.07, 6.45) is 3.07. The van der Waals surface area contributed by atoms with Gasteiger partial charge >= 0.3 is 0 Å². The van der Waals surface area contributed by atoms with E-state index in [1.165, 1.54) is 5.56 Å². The van der Waals surface area contributed by atoms with Crippen LogP contribution in [-0.2, 0) is 11.2 Å². The maximum Gasteiger partial charge on any atom is 0.257 e. The van der Waals surface area contributed by atoms with Crippen molar-refractivity contribution in [3.05, 3.63) is 64.1 Å². The Morgan fingerprint density at radius 1 is 1.25 bits per heavy atom. The largest absolute Gasteiger partial charge is 0.492 e. The van der Waals surface area contributed by atoms with Crippen molar-refractivity contribution in [2.45, 2.75) is 25.4 Å². The zero-order chi connectivity index (χ0) is 19.8. The Morgan fingerprint density at radius 2 is 2.07 bits per heavy atom. The summed E-state index contributed by atoms with van der Waals surface area (Å²) in [5, 5.41) is 6.03. The molecule has 7 heteroatoms. The van der Waals surface area contributed by atoms with E-state index in [1.807, 2.05) is 18.2 Å². The van der Waals surface area contributed by atoms with Crippen LogP contribution in [0.4, 0.5) is 0 Å². The fourth-order valence-electron chi connectivity index (χ4n) is 2.91. The summed E-state index contributed by atoms with van der Waals surface area (Å²) >= 11 is 8.67. The molecule has 1 amide bonds. The highest BCUT2D eigenvalue weighted by atomic mass is 79.9. The van der Waals surface area contributed by atoms with Gasteiger partial charge in [0.1, 0.15) is 5.75 Å². The first-order valence-electron chi connectivity index (χ1n) is 9.29. The van der Waals surface area contributed by atoms with E-state index in [9.17, 15) is 4.79 Å². The number of carbonyl (C=O) groups excluding carboxylic acids is 1. The van der Waals surface area contributed by atoms with E-state index >= 15 is 0 Å². The van der Waals surface area contributed by atoms with Gasteiger partial charge in [0.25, 0.3) is 5.91 Å². The maximum atomic E-state index is 12.4. The summed E-state index contributed by atoms with van der Waals surface area (Å²) in [6, 6.07) is 15.4. The minimum atomic E-state index is -0.263. The Bertz CT molecular complexity index is 811. The highest BCUT2D eigenvalue weighted by molar-refractivity contribution is 9.10. The number of amides is 1. The van der Waals surface area contributed by atoms with E-state index in [0.717, 1.165) is 30.3 Å². The molecule has 148 valence electrons. The van der Waals surface area contributed by atoms with E-state index in [2.05, 4.69) is 38.7 Å². The predicted molar refractivity (Wildman–Crippen MR) is 117 cm³/mol. The third-order valence-corrected chi connectivity index (χ3v) is 5.29. The van der Waals surface area contributed by atoms with Crippen LogP contribution < -0.4 is 15.4 Å². The zero-order valence-corrected chi connectivity index (χ0v) is 17.9. The summed E-state index contributed by atoms with van der Waals surface area (Å²) in [5.41, 5.74) is 1.72. The first kappa shape index (κ1) is 20.8. The lowest BCUT2D eigenvalue weighted by Gasteiger charge is -2.14. The lowest BCUT2D eigenvalue weighted by molar-refractivity contribution is 0.0973. The SMILES string of the molecule is O=C(NC(=S)NCC1CCCO1)c1ccc(OCCc2ccccc2)c(Br)c1. The van der Waals surface area contributed by atoms with Crippen LogP contribution in [0.5, 0.6) is 5.75 Å². The molecule has 28 heavy (non-hydrogen) atoms. The van der Waals surface area contributed by atoms with Crippen LogP contribution in [0.25, 0.3) is 0 Å².